The van der Waals surface area contributed by atoms with Crippen molar-refractivity contribution in [1.82, 2.24) is 20.3 Å². The van der Waals surface area contributed by atoms with Crippen LogP contribution in [0, 0.1) is 5.92 Å². The Balaban J connectivity index is 1.39. The normalized spacial score (nSPS) is 23.7. The van der Waals surface area contributed by atoms with E-state index in [1.165, 1.54) is 12.0 Å². The summed E-state index contributed by atoms with van der Waals surface area (Å²) < 4.78 is 27.0. The molecule has 3 rings (SSSR count). The lowest BCUT2D eigenvalue weighted by molar-refractivity contribution is 0.258. The number of nitrogens with one attached hydrogen (secondary N) is 3. The Morgan fingerprint density at radius 3 is 2.66 bits per heavy atom. The van der Waals surface area contributed by atoms with Gasteiger partial charge in [-0.15, -0.1) is 0 Å². The Hall–Kier alpha value is -1.64. The molecule has 2 fully saturated rings. The highest BCUT2D eigenvalue weighted by atomic mass is 32.2. The Morgan fingerprint density at radius 2 is 2.00 bits per heavy atom. The largest absolute Gasteiger partial charge is 0.355 e. The van der Waals surface area contributed by atoms with E-state index in [1.54, 1.807) is 7.05 Å². The number of rotatable bonds is 9. The van der Waals surface area contributed by atoms with Crippen molar-refractivity contribution in [3.05, 3.63) is 35.9 Å². The van der Waals surface area contributed by atoms with Gasteiger partial charge in [-0.2, -0.15) is 0 Å². The summed E-state index contributed by atoms with van der Waals surface area (Å²) in [6.45, 7) is 5.05. The van der Waals surface area contributed by atoms with Gasteiger partial charge in [0.2, 0.25) is 10.0 Å². The van der Waals surface area contributed by atoms with Crippen LogP contribution < -0.4 is 15.4 Å². The fraction of sp³-hybridized carbons (Fsp3) is 0.667. The first-order valence-electron chi connectivity index (χ1n) is 10.7. The van der Waals surface area contributed by atoms with Gasteiger partial charge in [0.15, 0.2) is 5.96 Å². The highest BCUT2D eigenvalue weighted by Gasteiger charge is 2.29. The standard InChI is InChI=1S/C21H35N5O2S/c1-17-13-20(16-26(17)15-19-7-4-3-5-8-19)25-21(22-2)23-11-12-29(27,28)24-14-18-9-6-10-18/h3-5,7-8,17-18,20,24H,6,9-16H2,1-2H3,(H2,22,23,25). The van der Waals surface area contributed by atoms with Gasteiger partial charge in [0, 0.05) is 45.3 Å². The quantitative estimate of drug-likeness (QED) is 0.416. The Morgan fingerprint density at radius 1 is 1.24 bits per heavy atom. The van der Waals surface area contributed by atoms with Gasteiger partial charge in [-0.25, -0.2) is 13.1 Å². The second-order valence-corrected chi connectivity index (χ2v) is 10.2. The molecule has 29 heavy (non-hydrogen) atoms. The van der Waals surface area contributed by atoms with Crippen LogP contribution in [-0.2, 0) is 16.6 Å². The summed E-state index contributed by atoms with van der Waals surface area (Å²) in [5.74, 6) is 1.25. The second kappa shape index (κ2) is 10.4. The van der Waals surface area contributed by atoms with Crippen LogP contribution in [0.1, 0.15) is 38.2 Å². The Labute approximate surface area is 175 Å². The summed E-state index contributed by atoms with van der Waals surface area (Å²) >= 11 is 0. The van der Waals surface area contributed by atoms with Crippen LogP contribution in [0.4, 0.5) is 0 Å². The highest BCUT2D eigenvalue weighted by Crippen LogP contribution is 2.25. The summed E-state index contributed by atoms with van der Waals surface area (Å²) in [6, 6.07) is 11.3. The van der Waals surface area contributed by atoms with E-state index in [9.17, 15) is 8.42 Å². The highest BCUT2D eigenvalue weighted by molar-refractivity contribution is 7.89. The SMILES string of the molecule is CN=C(NCCS(=O)(=O)NCC1CCC1)NC1CC(C)N(Cc2ccccc2)C1. The summed E-state index contributed by atoms with van der Waals surface area (Å²) in [7, 11) is -1.52. The summed E-state index contributed by atoms with van der Waals surface area (Å²) in [5.41, 5.74) is 1.32. The first-order valence-corrected chi connectivity index (χ1v) is 12.3. The maximum absolute atomic E-state index is 12.1. The molecule has 0 spiro atoms. The molecule has 0 aromatic heterocycles. The van der Waals surface area contributed by atoms with Gasteiger partial charge in [0.1, 0.15) is 0 Å². The summed E-state index contributed by atoms with van der Waals surface area (Å²) in [4.78, 5) is 6.73. The maximum Gasteiger partial charge on any atom is 0.213 e. The van der Waals surface area contributed by atoms with Gasteiger partial charge < -0.3 is 10.6 Å². The van der Waals surface area contributed by atoms with Crippen LogP contribution in [0.3, 0.4) is 0 Å². The fourth-order valence-corrected chi connectivity index (χ4v) is 4.95. The van der Waals surface area contributed by atoms with Gasteiger partial charge in [0.25, 0.3) is 0 Å². The Kier molecular flexibility index (Phi) is 7.91. The predicted molar refractivity (Wildman–Crippen MR) is 118 cm³/mol. The van der Waals surface area contributed by atoms with Crippen molar-refractivity contribution in [2.24, 2.45) is 10.9 Å². The molecule has 8 heteroatoms. The molecule has 2 atom stereocenters. The van der Waals surface area contributed by atoms with Gasteiger partial charge in [-0.1, -0.05) is 36.8 Å². The van der Waals surface area contributed by atoms with Crippen LogP contribution in [0.15, 0.2) is 35.3 Å². The predicted octanol–water partition coefficient (Wildman–Crippen LogP) is 1.53. The van der Waals surface area contributed by atoms with Crippen LogP contribution in [0.5, 0.6) is 0 Å². The minimum atomic E-state index is -3.24. The van der Waals surface area contributed by atoms with Gasteiger partial charge in [-0.05, 0) is 37.7 Å². The van der Waals surface area contributed by atoms with E-state index in [4.69, 9.17) is 0 Å². The summed E-state index contributed by atoms with van der Waals surface area (Å²) in [6.07, 6.45) is 4.53. The molecule has 1 aliphatic heterocycles. The van der Waals surface area contributed by atoms with Crippen molar-refractivity contribution in [3.8, 4) is 0 Å². The molecule has 0 bridgehead atoms. The average Bonchev–Trinajstić information content (AvgIpc) is 2.99. The van der Waals surface area contributed by atoms with E-state index in [0.29, 0.717) is 37.1 Å². The van der Waals surface area contributed by atoms with Crippen LogP contribution in [0.2, 0.25) is 0 Å². The molecule has 1 aromatic carbocycles. The number of aliphatic imine (C=N–C) groups is 1. The fourth-order valence-electron chi connectivity index (χ4n) is 3.95. The van der Waals surface area contributed by atoms with E-state index in [0.717, 1.165) is 32.4 Å². The van der Waals surface area contributed by atoms with Crippen LogP contribution >= 0.6 is 0 Å². The van der Waals surface area contributed by atoms with Crippen molar-refractivity contribution in [1.29, 1.82) is 0 Å². The Bertz CT molecular complexity index is 765. The minimum Gasteiger partial charge on any atom is -0.355 e. The number of benzene rings is 1. The molecule has 162 valence electrons. The first-order chi connectivity index (χ1) is 13.9. The zero-order chi connectivity index (χ0) is 20.7. The third-order valence-corrected chi connectivity index (χ3v) is 7.32. The number of guanidine groups is 1. The summed E-state index contributed by atoms with van der Waals surface area (Å²) in [5, 5.41) is 6.60. The smallest absolute Gasteiger partial charge is 0.213 e. The molecule has 2 unspecified atom stereocenters. The van der Waals surface area contributed by atoms with E-state index in [1.807, 2.05) is 6.07 Å². The van der Waals surface area contributed by atoms with Crippen molar-refractivity contribution in [2.45, 2.75) is 51.2 Å². The maximum atomic E-state index is 12.1. The first kappa shape index (κ1) is 22.1. The van der Waals surface area contributed by atoms with Crippen molar-refractivity contribution < 1.29 is 8.42 Å². The molecule has 2 aliphatic rings. The second-order valence-electron chi connectivity index (χ2n) is 8.30. The zero-order valence-corrected chi connectivity index (χ0v) is 18.4. The molecule has 7 nitrogen and oxygen atoms in total. The molecule has 1 saturated carbocycles. The molecule has 1 aliphatic carbocycles. The van der Waals surface area contributed by atoms with Crippen LogP contribution in [0.25, 0.3) is 0 Å². The topological polar surface area (TPSA) is 85.8 Å². The molecule has 1 heterocycles. The van der Waals surface area contributed by atoms with E-state index >= 15 is 0 Å². The van der Waals surface area contributed by atoms with E-state index < -0.39 is 10.0 Å². The van der Waals surface area contributed by atoms with Crippen LogP contribution in [-0.4, -0.2) is 63.8 Å². The lowest BCUT2D eigenvalue weighted by atomic mass is 9.86. The van der Waals surface area contributed by atoms with Gasteiger partial charge in [-0.3, -0.25) is 9.89 Å². The van der Waals surface area contributed by atoms with Crippen molar-refractivity contribution in [2.75, 3.05) is 32.4 Å². The minimum absolute atomic E-state index is 0.0572. The number of likely N-dealkylation sites (tertiary alicyclic amines) is 1. The molecular weight excluding hydrogens is 386 g/mol. The number of hydrogen-bond donors (Lipinski definition) is 3. The number of sulfonamides is 1. The molecular formula is C21H35N5O2S. The average molecular weight is 422 g/mol. The molecule has 0 amide bonds. The monoisotopic (exact) mass is 421 g/mol. The number of nitrogens with zero attached hydrogens (tertiary/aromatic N) is 2. The molecule has 3 N–H and O–H groups in total. The van der Waals surface area contributed by atoms with Crippen molar-refractivity contribution in [3.63, 3.8) is 0 Å². The van der Waals surface area contributed by atoms with Crippen molar-refractivity contribution >= 4 is 16.0 Å². The zero-order valence-electron chi connectivity index (χ0n) is 17.6. The lowest BCUT2D eigenvalue weighted by Crippen LogP contribution is -2.46. The van der Waals surface area contributed by atoms with Gasteiger partial charge >= 0.3 is 0 Å². The number of hydrogen-bond acceptors (Lipinski definition) is 4. The molecule has 1 aromatic rings. The molecule has 0 radical (unpaired) electrons. The lowest BCUT2D eigenvalue weighted by Gasteiger charge is -2.25. The third kappa shape index (κ3) is 6.97. The molecule has 1 saturated heterocycles. The third-order valence-electron chi connectivity index (χ3n) is 5.98. The van der Waals surface area contributed by atoms with E-state index in [2.05, 4.69) is 56.4 Å². The van der Waals surface area contributed by atoms with Gasteiger partial charge in [0.05, 0.1) is 5.75 Å². The van der Waals surface area contributed by atoms with E-state index in [-0.39, 0.29) is 5.75 Å².